The molecule has 29 heavy (non-hydrogen) atoms. The number of non-ortho nitro benzene ring substituents is 1. The molecule has 9 nitrogen and oxygen atoms in total. The van der Waals surface area contributed by atoms with E-state index in [0.29, 0.717) is 6.61 Å². The Morgan fingerprint density at radius 3 is 2.55 bits per heavy atom. The minimum Gasteiger partial charge on any atom is -0.494 e. The van der Waals surface area contributed by atoms with Gasteiger partial charge in [0.15, 0.2) is 0 Å². The zero-order chi connectivity index (χ0) is 21.3. The van der Waals surface area contributed by atoms with Crippen molar-refractivity contribution in [3.05, 3.63) is 58.6 Å². The van der Waals surface area contributed by atoms with Crippen molar-refractivity contribution in [2.24, 2.45) is 0 Å². The van der Waals surface area contributed by atoms with E-state index in [1.807, 2.05) is 31.2 Å². The third-order valence-electron chi connectivity index (χ3n) is 3.58. The van der Waals surface area contributed by atoms with Crippen LogP contribution in [0.2, 0.25) is 0 Å². The van der Waals surface area contributed by atoms with Crippen LogP contribution in [-0.2, 0) is 14.8 Å². The molecule has 2 N–H and O–H groups in total. The van der Waals surface area contributed by atoms with E-state index in [2.05, 4.69) is 10.0 Å². The Balaban J connectivity index is 1.74. The van der Waals surface area contributed by atoms with Crippen molar-refractivity contribution < 1.29 is 22.9 Å². The van der Waals surface area contributed by atoms with Crippen LogP contribution in [0.5, 0.6) is 5.75 Å². The Morgan fingerprint density at radius 1 is 1.17 bits per heavy atom. The van der Waals surface area contributed by atoms with Gasteiger partial charge >= 0.3 is 0 Å². The highest BCUT2D eigenvalue weighted by Crippen LogP contribution is 2.21. The number of rotatable bonds is 11. The molecule has 0 spiro atoms. The predicted octanol–water partition coefficient (Wildman–Crippen LogP) is 2.18. The summed E-state index contributed by atoms with van der Waals surface area (Å²) in [5, 5.41) is 13.4. The number of sulfonamides is 1. The van der Waals surface area contributed by atoms with Gasteiger partial charge in [-0.15, -0.1) is 11.8 Å². The Morgan fingerprint density at radius 2 is 1.90 bits per heavy atom. The zero-order valence-corrected chi connectivity index (χ0v) is 17.3. The number of thioether (sulfide) groups is 1. The van der Waals surface area contributed by atoms with Gasteiger partial charge in [-0.2, -0.15) is 0 Å². The highest BCUT2D eigenvalue weighted by molar-refractivity contribution is 8.00. The van der Waals surface area contributed by atoms with E-state index >= 15 is 0 Å². The normalized spacial score (nSPS) is 11.1. The molecule has 1 amide bonds. The van der Waals surface area contributed by atoms with Gasteiger partial charge in [-0.1, -0.05) is 6.07 Å². The molecule has 0 heterocycles. The van der Waals surface area contributed by atoms with Crippen LogP contribution in [0.25, 0.3) is 0 Å². The van der Waals surface area contributed by atoms with Crippen molar-refractivity contribution >= 4 is 33.4 Å². The summed E-state index contributed by atoms with van der Waals surface area (Å²) < 4.78 is 32.0. The number of amides is 1. The first-order valence-electron chi connectivity index (χ1n) is 8.68. The second kappa shape index (κ2) is 10.8. The Bertz CT molecular complexity index is 948. The Kier molecular flexibility index (Phi) is 8.43. The van der Waals surface area contributed by atoms with Gasteiger partial charge in [0.2, 0.25) is 15.9 Å². The molecule has 0 radical (unpaired) electrons. The van der Waals surface area contributed by atoms with Crippen LogP contribution in [-0.4, -0.2) is 44.7 Å². The topological polar surface area (TPSA) is 128 Å². The SMILES string of the molecule is CCOc1ccc(SCC(=O)NCCNS(=O)(=O)c2cccc([N+](=O)[O-])c2)cc1. The molecule has 0 aromatic heterocycles. The van der Waals surface area contributed by atoms with Crippen LogP contribution in [0.15, 0.2) is 58.3 Å². The summed E-state index contributed by atoms with van der Waals surface area (Å²) in [6.45, 7) is 2.54. The molecule has 156 valence electrons. The first-order chi connectivity index (χ1) is 13.8. The van der Waals surface area contributed by atoms with Crippen molar-refractivity contribution in [1.82, 2.24) is 10.0 Å². The molecular formula is C18H21N3O6S2. The van der Waals surface area contributed by atoms with Crippen LogP contribution in [0, 0.1) is 10.1 Å². The zero-order valence-electron chi connectivity index (χ0n) is 15.7. The van der Waals surface area contributed by atoms with Crippen molar-refractivity contribution in [2.75, 3.05) is 25.4 Å². The van der Waals surface area contributed by atoms with Gasteiger partial charge in [0, 0.05) is 30.1 Å². The van der Waals surface area contributed by atoms with Gasteiger partial charge in [-0.3, -0.25) is 14.9 Å². The molecule has 0 atom stereocenters. The van der Waals surface area contributed by atoms with E-state index in [1.54, 1.807) is 0 Å². The molecule has 0 aliphatic heterocycles. The number of hydrogen-bond donors (Lipinski definition) is 2. The van der Waals surface area contributed by atoms with E-state index < -0.39 is 14.9 Å². The number of hydrogen-bond acceptors (Lipinski definition) is 7. The maximum Gasteiger partial charge on any atom is 0.270 e. The fraction of sp³-hybridized carbons (Fsp3) is 0.278. The predicted molar refractivity (Wildman–Crippen MR) is 110 cm³/mol. The van der Waals surface area contributed by atoms with Crippen LogP contribution >= 0.6 is 11.8 Å². The largest absolute Gasteiger partial charge is 0.494 e. The van der Waals surface area contributed by atoms with E-state index in [4.69, 9.17) is 4.74 Å². The molecule has 0 fully saturated rings. The van der Waals surface area contributed by atoms with Crippen molar-refractivity contribution in [2.45, 2.75) is 16.7 Å². The van der Waals surface area contributed by atoms with Crippen molar-refractivity contribution in [3.63, 3.8) is 0 Å². The van der Waals surface area contributed by atoms with E-state index in [-0.39, 0.29) is 35.3 Å². The lowest BCUT2D eigenvalue weighted by Crippen LogP contribution is -2.35. The fourth-order valence-electron chi connectivity index (χ4n) is 2.23. The average molecular weight is 440 g/mol. The molecule has 0 saturated carbocycles. The summed E-state index contributed by atoms with van der Waals surface area (Å²) in [4.78, 5) is 22.7. The fourth-order valence-corrected chi connectivity index (χ4v) is 4.03. The molecule has 0 saturated heterocycles. The molecule has 2 aromatic rings. The Labute approximate surface area is 173 Å². The minimum atomic E-state index is -3.90. The van der Waals surface area contributed by atoms with Crippen LogP contribution in [0.1, 0.15) is 6.92 Å². The molecular weight excluding hydrogens is 418 g/mol. The van der Waals surface area contributed by atoms with Gasteiger partial charge < -0.3 is 10.1 Å². The van der Waals surface area contributed by atoms with Gasteiger partial charge in [-0.25, -0.2) is 13.1 Å². The first-order valence-corrected chi connectivity index (χ1v) is 11.1. The smallest absolute Gasteiger partial charge is 0.270 e. The Hall–Kier alpha value is -2.63. The lowest BCUT2D eigenvalue weighted by molar-refractivity contribution is -0.385. The molecule has 2 aromatic carbocycles. The number of benzene rings is 2. The summed E-state index contributed by atoms with van der Waals surface area (Å²) in [5.74, 6) is 0.710. The summed E-state index contributed by atoms with van der Waals surface area (Å²) in [7, 11) is -3.90. The van der Waals surface area contributed by atoms with Crippen LogP contribution < -0.4 is 14.8 Å². The van der Waals surface area contributed by atoms with Gasteiger partial charge in [0.05, 0.1) is 22.2 Å². The lowest BCUT2D eigenvalue weighted by atomic mass is 10.3. The van der Waals surface area contributed by atoms with Crippen molar-refractivity contribution in [3.8, 4) is 5.75 Å². The monoisotopic (exact) mass is 439 g/mol. The molecule has 2 rings (SSSR count). The average Bonchev–Trinajstić information content (AvgIpc) is 2.71. The van der Waals surface area contributed by atoms with Gasteiger partial charge in [-0.05, 0) is 37.3 Å². The second-order valence-electron chi connectivity index (χ2n) is 5.70. The minimum absolute atomic E-state index is 0.0372. The van der Waals surface area contributed by atoms with E-state index in [1.165, 1.54) is 30.0 Å². The molecule has 0 aliphatic rings. The number of nitro groups is 1. The maximum atomic E-state index is 12.2. The second-order valence-corrected chi connectivity index (χ2v) is 8.51. The number of carbonyl (C=O) groups excluding carboxylic acids is 1. The standard InChI is InChI=1S/C18H21N3O6S2/c1-2-27-15-6-8-16(9-7-15)28-13-18(22)19-10-11-20-29(25,26)17-5-3-4-14(12-17)21(23)24/h3-9,12,20H,2,10-11,13H2,1H3,(H,19,22). The first kappa shape index (κ1) is 22.7. The quantitative estimate of drug-likeness (QED) is 0.238. The van der Waals surface area contributed by atoms with Crippen molar-refractivity contribution in [1.29, 1.82) is 0 Å². The van der Waals surface area contributed by atoms with Crippen LogP contribution in [0.4, 0.5) is 5.69 Å². The summed E-state index contributed by atoms with van der Waals surface area (Å²) >= 11 is 1.35. The molecule has 0 unspecified atom stereocenters. The number of nitrogens with one attached hydrogen (secondary N) is 2. The van der Waals surface area contributed by atoms with Gasteiger partial charge in [0.25, 0.3) is 5.69 Å². The highest BCUT2D eigenvalue weighted by Gasteiger charge is 2.17. The number of carbonyl (C=O) groups is 1. The molecule has 0 bridgehead atoms. The third-order valence-corrected chi connectivity index (χ3v) is 6.05. The number of nitrogens with zero attached hydrogens (tertiary/aromatic N) is 1. The van der Waals surface area contributed by atoms with Gasteiger partial charge in [0.1, 0.15) is 5.75 Å². The van der Waals surface area contributed by atoms with E-state index in [0.717, 1.165) is 16.7 Å². The molecule has 11 heteroatoms. The lowest BCUT2D eigenvalue weighted by Gasteiger charge is -2.08. The summed E-state index contributed by atoms with van der Waals surface area (Å²) in [6.07, 6.45) is 0. The number of nitro benzene ring substituents is 1. The third kappa shape index (κ3) is 7.37. The summed E-state index contributed by atoms with van der Waals surface area (Å²) in [6, 6.07) is 12.1. The van der Waals surface area contributed by atoms with E-state index in [9.17, 15) is 23.3 Å². The number of ether oxygens (including phenoxy) is 1. The van der Waals surface area contributed by atoms with Crippen LogP contribution in [0.3, 0.4) is 0 Å². The summed E-state index contributed by atoms with van der Waals surface area (Å²) in [5.41, 5.74) is -0.313. The maximum absolute atomic E-state index is 12.2. The molecule has 0 aliphatic carbocycles. The highest BCUT2D eigenvalue weighted by atomic mass is 32.2.